The summed E-state index contributed by atoms with van der Waals surface area (Å²) in [5.74, 6) is 2.09. The van der Waals surface area contributed by atoms with Crippen molar-refractivity contribution in [3.63, 3.8) is 0 Å². The van der Waals surface area contributed by atoms with E-state index in [0.29, 0.717) is 0 Å². The maximum absolute atomic E-state index is 5.63. The second-order valence-corrected chi connectivity index (χ2v) is 12.8. The van der Waals surface area contributed by atoms with E-state index in [9.17, 15) is 0 Å². The molecule has 1 atom stereocenters. The molecule has 0 bridgehead atoms. The topological polar surface area (TPSA) is 18.5 Å². The van der Waals surface area contributed by atoms with Gasteiger partial charge in [0, 0.05) is 0 Å². The lowest BCUT2D eigenvalue weighted by atomic mass is 9.79. The second-order valence-electron chi connectivity index (χ2n) is 12.8. The normalized spacial score (nSPS) is 12.3. The first kappa shape index (κ1) is 31.5. The lowest BCUT2D eigenvalue weighted by Crippen LogP contribution is -2.18. The van der Waals surface area contributed by atoms with Gasteiger partial charge in [-0.25, -0.2) is 0 Å². The minimum Gasteiger partial charge on any atom is -0.496 e. The Morgan fingerprint density at radius 1 is 0.424 bits per heavy atom. The zero-order chi connectivity index (χ0) is 25.1. The number of hydrogen-bond donors (Lipinski definition) is 0. The van der Waals surface area contributed by atoms with E-state index in [2.05, 4.69) is 119 Å². The van der Waals surface area contributed by atoms with Crippen molar-refractivity contribution in [2.75, 3.05) is 14.2 Å². The smallest absolute Gasteiger partial charge is 0.126 e. The van der Waals surface area contributed by atoms with E-state index < -0.39 is 0 Å². The van der Waals surface area contributed by atoms with Gasteiger partial charge in [-0.2, -0.15) is 9.90 Å². The summed E-state index contributed by atoms with van der Waals surface area (Å²) in [6, 6.07) is 12.9. The van der Waals surface area contributed by atoms with Gasteiger partial charge in [-0.3, -0.25) is 0 Å². The summed E-state index contributed by atoms with van der Waals surface area (Å²) in [6.07, 6.45) is 0. The molecule has 2 aromatic carbocycles. The summed E-state index contributed by atoms with van der Waals surface area (Å²) in [6.45, 7) is 26.6. The fourth-order valence-corrected chi connectivity index (χ4v) is 3.88. The summed E-state index contributed by atoms with van der Waals surface area (Å²) < 4.78 is 11.3. The third-order valence-electron chi connectivity index (χ3n) is 5.67. The van der Waals surface area contributed by atoms with Crippen molar-refractivity contribution < 1.29 is 9.47 Å². The van der Waals surface area contributed by atoms with E-state index in [1.807, 2.05) is 0 Å². The van der Waals surface area contributed by atoms with E-state index in [1.165, 1.54) is 22.3 Å². The van der Waals surface area contributed by atoms with E-state index in [1.54, 1.807) is 14.2 Å². The Labute approximate surface area is 208 Å². The van der Waals surface area contributed by atoms with Crippen LogP contribution in [0.3, 0.4) is 0 Å². The first-order valence-corrected chi connectivity index (χ1v) is 11.7. The second kappa shape index (κ2) is 11.3. The average molecular weight is 475 g/mol. The quantitative estimate of drug-likeness (QED) is 0.406. The molecule has 0 radical (unpaired) electrons. The van der Waals surface area contributed by atoms with Crippen LogP contribution < -0.4 is 9.47 Å². The molecule has 2 nitrogen and oxygen atoms in total. The zero-order valence-corrected chi connectivity index (χ0v) is 25.4. The molecule has 0 N–H and O–H groups in total. The molecular formula is C30H51O2P. The minimum absolute atomic E-state index is 0. The van der Waals surface area contributed by atoms with Crippen molar-refractivity contribution in [2.45, 2.75) is 105 Å². The van der Waals surface area contributed by atoms with Crippen LogP contribution in [0.25, 0.3) is 0 Å². The highest BCUT2D eigenvalue weighted by molar-refractivity contribution is 6.92. The number of methoxy groups -OCH3 is 2. The molecule has 0 aliphatic rings. The SMILES string of the molecule is COc1c(C(C)(C)C)cccc1C(C)(C)C.COc1c(C(C)(C)C)cccc1C(C)(C)C.P. The van der Waals surface area contributed by atoms with Crippen molar-refractivity contribution >= 4 is 9.90 Å². The Bertz CT molecular complexity index is 745. The van der Waals surface area contributed by atoms with Crippen LogP contribution in [0.2, 0.25) is 0 Å². The van der Waals surface area contributed by atoms with Gasteiger partial charge in [0.2, 0.25) is 0 Å². The molecule has 0 aliphatic heterocycles. The van der Waals surface area contributed by atoms with E-state index in [0.717, 1.165) is 11.5 Å². The van der Waals surface area contributed by atoms with Crippen LogP contribution in [0.15, 0.2) is 36.4 Å². The van der Waals surface area contributed by atoms with Gasteiger partial charge in [-0.1, -0.05) is 119 Å². The van der Waals surface area contributed by atoms with Crippen molar-refractivity contribution in [2.24, 2.45) is 0 Å². The predicted octanol–water partition coefficient (Wildman–Crippen LogP) is 8.64. The van der Waals surface area contributed by atoms with E-state index >= 15 is 0 Å². The Morgan fingerprint density at radius 3 is 0.727 bits per heavy atom. The standard InChI is InChI=1S/2C15H24O.H3P/c2*1-14(2,3)11-9-8-10-12(13(11)16-7)15(4,5)6;/h2*8-10H,1-7H3;1H3. The van der Waals surface area contributed by atoms with Gasteiger partial charge in [0.05, 0.1) is 14.2 Å². The fraction of sp³-hybridized carbons (Fsp3) is 0.600. The highest BCUT2D eigenvalue weighted by atomic mass is 31.0. The van der Waals surface area contributed by atoms with E-state index in [4.69, 9.17) is 9.47 Å². The molecule has 33 heavy (non-hydrogen) atoms. The molecule has 2 aromatic rings. The predicted molar refractivity (Wildman–Crippen MR) is 152 cm³/mol. The van der Waals surface area contributed by atoms with Crippen LogP contribution in [0.5, 0.6) is 11.5 Å². The largest absolute Gasteiger partial charge is 0.496 e. The Balaban J connectivity index is 0.000000602. The lowest BCUT2D eigenvalue weighted by molar-refractivity contribution is 0.381. The van der Waals surface area contributed by atoms with Crippen LogP contribution >= 0.6 is 9.90 Å². The van der Waals surface area contributed by atoms with Gasteiger partial charge in [0.1, 0.15) is 11.5 Å². The maximum atomic E-state index is 5.63. The fourth-order valence-electron chi connectivity index (χ4n) is 3.88. The lowest BCUT2D eigenvalue weighted by Gasteiger charge is -2.28. The van der Waals surface area contributed by atoms with Gasteiger partial charge in [-0.15, -0.1) is 0 Å². The number of hydrogen-bond acceptors (Lipinski definition) is 2. The minimum atomic E-state index is 0. The summed E-state index contributed by atoms with van der Waals surface area (Å²) >= 11 is 0. The third kappa shape index (κ3) is 8.32. The number of para-hydroxylation sites is 2. The number of rotatable bonds is 2. The van der Waals surface area contributed by atoms with Crippen LogP contribution in [0, 0.1) is 0 Å². The summed E-state index contributed by atoms with van der Waals surface area (Å²) in [4.78, 5) is 0. The van der Waals surface area contributed by atoms with Gasteiger partial charge in [0.15, 0.2) is 0 Å². The molecule has 0 amide bonds. The van der Waals surface area contributed by atoms with Crippen LogP contribution in [0.4, 0.5) is 0 Å². The van der Waals surface area contributed by atoms with Crippen molar-refractivity contribution in [1.29, 1.82) is 0 Å². The molecule has 188 valence electrons. The van der Waals surface area contributed by atoms with Gasteiger partial charge in [-0.05, 0) is 43.9 Å². The average Bonchev–Trinajstić information content (AvgIpc) is 2.64. The molecule has 0 heterocycles. The molecule has 0 aliphatic carbocycles. The monoisotopic (exact) mass is 474 g/mol. The van der Waals surface area contributed by atoms with Gasteiger partial charge < -0.3 is 9.47 Å². The summed E-state index contributed by atoms with van der Waals surface area (Å²) in [5.41, 5.74) is 5.59. The van der Waals surface area contributed by atoms with Gasteiger partial charge in [0.25, 0.3) is 0 Å². The Morgan fingerprint density at radius 2 is 0.606 bits per heavy atom. The first-order chi connectivity index (χ1) is 14.4. The Hall–Kier alpha value is -1.53. The molecule has 2 rings (SSSR count). The third-order valence-corrected chi connectivity index (χ3v) is 5.67. The summed E-state index contributed by atoms with van der Waals surface area (Å²) in [5, 5.41) is 0. The molecule has 0 fully saturated rings. The summed E-state index contributed by atoms with van der Waals surface area (Å²) in [7, 11) is 3.53. The molecule has 0 spiro atoms. The molecule has 0 saturated carbocycles. The van der Waals surface area contributed by atoms with Crippen LogP contribution in [-0.2, 0) is 21.7 Å². The Kier molecular flexibility index (Phi) is 10.7. The molecule has 1 unspecified atom stereocenters. The van der Waals surface area contributed by atoms with Crippen molar-refractivity contribution in [3.8, 4) is 11.5 Å². The molecule has 0 aromatic heterocycles. The number of benzene rings is 2. The van der Waals surface area contributed by atoms with Gasteiger partial charge >= 0.3 is 0 Å². The molecule has 0 saturated heterocycles. The maximum Gasteiger partial charge on any atom is 0.126 e. The van der Waals surface area contributed by atoms with E-state index in [-0.39, 0.29) is 31.6 Å². The van der Waals surface area contributed by atoms with Crippen molar-refractivity contribution in [3.05, 3.63) is 58.7 Å². The highest BCUT2D eigenvalue weighted by Crippen LogP contribution is 2.40. The van der Waals surface area contributed by atoms with Crippen molar-refractivity contribution in [1.82, 2.24) is 0 Å². The number of ether oxygens (including phenoxy) is 2. The van der Waals surface area contributed by atoms with Crippen LogP contribution in [0.1, 0.15) is 105 Å². The first-order valence-electron chi connectivity index (χ1n) is 11.7. The highest BCUT2D eigenvalue weighted by Gasteiger charge is 2.26. The molecule has 3 heteroatoms. The zero-order valence-electron chi connectivity index (χ0n) is 24.0. The van der Waals surface area contributed by atoms with Crippen LogP contribution in [-0.4, -0.2) is 14.2 Å². The molecular weight excluding hydrogens is 423 g/mol.